The number of β-lactam (4-membered cyclic amide) rings is 1. The lowest BCUT2D eigenvalue weighted by atomic mass is 10.0. The predicted molar refractivity (Wildman–Crippen MR) is 149 cm³/mol. The number of carboxylic acids is 2. The lowest BCUT2D eigenvalue weighted by molar-refractivity contribution is -0.702. The molecule has 40 heavy (non-hydrogen) atoms. The molecule has 0 aliphatic carbocycles. The molecule has 2 aliphatic heterocycles. The quantitative estimate of drug-likeness (QED) is 0.178. The van der Waals surface area contributed by atoms with Crippen molar-refractivity contribution >= 4 is 70.5 Å². The van der Waals surface area contributed by atoms with Gasteiger partial charge in [0, 0.05) is 38.6 Å². The molecule has 212 valence electrons. The van der Waals surface area contributed by atoms with Crippen LogP contribution in [-0.2, 0) is 32.1 Å². The van der Waals surface area contributed by atoms with Gasteiger partial charge >= 0.3 is 5.97 Å². The molecule has 0 saturated carbocycles. The van der Waals surface area contributed by atoms with Gasteiger partial charge in [0.2, 0.25) is 5.91 Å². The number of pyridine rings is 1. The number of rotatable bonds is 12. The highest BCUT2D eigenvalue weighted by molar-refractivity contribution is 8.01. The van der Waals surface area contributed by atoms with Gasteiger partial charge in [0.1, 0.15) is 17.1 Å². The van der Waals surface area contributed by atoms with Crippen LogP contribution in [0, 0.1) is 5.92 Å². The second-order valence-electron chi connectivity index (χ2n) is 9.24. The predicted octanol–water partition coefficient (Wildman–Crippen LogP) is 1.07. The number of nitrogens with zero attached hydrogens (tertiary/aromatic N) is 2. The summed E-state index contributed by atoms with van der Waals surface area (Å²) >= 11 is 14.9. The molecule has 14 heteroatoms. The number of nitrogens with two attached hydrogens (primary N) is 1. The molecule has 0 spiro atoms. The number of carbonyl (C=O) groups excluding carboxylic acids is 3. The molecule has 3 atom stereocenters. The van der Waals surface area contributed by atoms with E-state index < -0.39 is 41.1 Å². The number of benzene rings is 1. The van der Waals surface area contributed by atoms with Gasteiger partial charge in [0.15, 0.2) is 18.9 Å². The molecule has 0 radical (unpaired) electrons. The van der Waals surface area contributed by atoms with Crippen molar-refractivity contribution in [2.45, 2.75) is 35.7 Å². The van der Waals surface area contributed by atoms with Crippen LogP contribution in [0.5, 0.6) is 0 Å². The lowest BCUT2D eigenvalue weighted by Crippen LogP contribution is -2.70. The molecule has 0 unspecified atom stereocenters. The van der Waals surface area contributed by atoms with E-state index in [1.54, 1.807) is 35.2 Å². The molecule has 4 N–H and O–H groups in total. The molecule has 2 aromatic rings. The van der Waals surface area contributed by atoms with Crippen molar-refractivity contribution in [3.05, 3.63) is 69.6 Å². The van der Waals surface area contributed by atoms with E-state index in [2.05, 4.69) is 5.32 Å². The number of carboxylic acid groups (broad SMARTS) is 2. The van der Waals surface area contributed by atoms with E-state index in [1.165, 1.54) is 28.4 Å². The third-order valence-corrected chi connectivity index (χ3v) is 9.52. The zero-order valence-electron chi connectivity index (χ0n) is 21.0. The number of amides is 2. The van der Waals surface area contributed by atoms with E-state index in [9.17, 15) is 29.4 Å². The van der Waals surface area contributed by atoms with Gasteiger partial charge in [0.25, 0.3) is 5.91 Å². The van der Waals surface area contributed by atoms with Crippen LogP contribution in [0.4, 0.5) is 0 Å². The smallest absolute Gasteiger partial charge is 0.352 e. The van der Waals surface area contributed by atoms with Crippen molar-refractivity contribution in [2.75, 3.05) is 18.1 Å². The summed E-state index contributed by atoms with van der Waals surface area (Å²) in [6.45, 7) is 0.481. The molecule has 10 nitrogen and oxygen atoms in total. The second kappa shape index (κ2) is 13.3. The molecule has 1 aromatic heterocycles. The fraction of sp³-hybridized carbons (Fsp3) is 0.346. The topological polar surface area (TPSA) is 157 Å². The number of hydrogen-bond acceptors (Lipinski definition) is 8. The highest BCUT2D eigenvalue weighted by Crippen LogP contribution is 2.41. The second-order valence-corrected chi connectivity index (χ2v) is 12.2. The Labute approximate surface area is 248 Å². The minimum atomic E-state index is -1.20. The first kappa shape index (κ1) is 30.2. The third kappa shape index (κ3) is 6.92. The summed E-state index contributed by atoms with van der Waals surface area (Å²) in [4.78, 5) is 51.1. The number of thioether (sulfide) groups is 2. The van der Waals surface area contributed by atoms with Gasteiger partial charge in [-0.3, -0.25) is 14.5 Å². The Hall–Kier alpha value is -2.77. The van der Waals surface area contributed by atoms with Gasteiger partial charge in [-0.1, -0.05) is 23.2 Å². The first-order valence-corrected chi connectivity index (χ1v) is 15.0. The Morgan fingerprint density at radius 1 is 1.25 bits per heavy atom. The monoisotopic (exact) mass is 624 g/mol. The van der Waals surface area contributed by atoms with Crippen LogP contribution in [0.1, 0.15) is 12.0 Å². The zero-order chi connectivity index (χ0) is 29.0. The molecule has 1 saturated heterocycles. The van der Waals surface area contributed by atoms with Gasteiger partial charge in [-0.2, -0.15) is 0 Å². The van der Waals surface area contributed by atoms with E-state index in [0.29, 0.717) is 39.1 Å². The van der Waals surface area contributed by atoms with Gasteiger partial charge in [-0.25, -0.2) is 9.36 Å². The summed E-state index contributed by atoms with van der Waals surface area (Å²) in [6.07, 6.45) is 3.74. The molecule has 2 aliphatic rings. The molecule has 2 amide bonds. The Morgan fingerprint density at radius 3 is 2.62 bits per heavy atom. The first-order chi connectivity index (χ1) is 19.1. The zero-order valence-corrected chi connectivity index (χ0v) is 24.2. The average Bonchev–Trinajstić information content (AvgIpc) is 2.92. The molecule has 1 aromatic carbocycles. The summed E-state index contributed by atoms with van der Waals surface area (Å²) < 4.78 is 1.73. The maximum absolute atomic E-state index is 12.9. The maximum atomic E-state index is 12.9. The Balaban J connectivity index is 1.38. The number of nitrogens with one attached hydrogen (secondary N) is 1. The molecule has 1 fully saturated rings. The maximum Gasteiger partial charge on any atom is 0.352 e. The standard InChI is InChI=1S/C26H26Cl2N4O6S2/c27-17-1-2-19(28)15(9-17)10-20(33)30-21-23(34)32-22(26(37)38)16(13-40-24(21)32)12-39-18-4-7-31(8-5-18)11-14(3-6-29)25(35)36/h1-2,4-5,7-9,14,21,24H,3,6,10-13,29H2,(H2-,30,33,35,36,37,38)/t14-,21+,24+/m0/s1. The van der Waals surface area contributed by atoms with Crippen LogP contribution in [0.15, 0.2) is 58.9 Å². The van der Waals surface area contributed by atoms with E-state index in [-0.39, 0.29) is 25.2 Å². The van der Waals surface area contributed by atoms with Gasteiger partial charge in [-0.15, -0.1) is 23.5 Å². The van der Waals surface area contributed by atoms with Crippen molar-refractivity contribution in [2.24, 2.45) is 11.7 Å². The number of hydrogen-bond donors (Lipinski definition) is 3. The fourth-order valence-electron chi connectivity index (χ4n) is 4.44. The first-order valence-electron chi connectivity index (χ1n) is 12.2. The van der Waals surface area contributed by atoms with E-state index in [1.807, 2.05) is 12.1 Å². The van der Waals surface area contributed by atoms with E-state index in [0.717, 1.165) is 4.90 Å². The van der Waals surface area contributed by atoms with Crippen LogP contribution >= 0.6 is 46.7 Å². The average molecular weight is 626 g/mol. The van der Waals surface area contributed by atoms with Crippen LogP contribution in [0.25, 0.3) is 0 Å². The number of aliphatic carboxylic acids is 2. The highest BCUT2D eigenvalue weighted by atomic mass is 35.5. The largest absolute Gasteiger partial charge is 0.550 e. The lowest BCUT2D eigenvalue weighted by Gasteiger charge is -2.49. The van der Waals surface area contributed by atoms with Crippen molar-refractivity contribution in [1.29, 1.82) is 0 Å². The summed E-state index contributed by atoms with van der Waals surface area (Å²) in [7, 11) is 0. The minimum absolute atomic E-state index is 0.0609. The molecule has 0 bridgehead atoms. The number of aromatic nitrogens is 1. The minimum Gasteiger partial charge on any atom is -0.550 e. The van der Waals surface area contributed by atoms with Crippen LogP contribution < -0.4 is 20.7 Å². The molecule has 3 heterocycles. The van der Waals surface area contributed by atoms with Crippen LogP contribution in [0.3, 0.4) is 0 Å². The van der Waals surface area contributed by atoms with E-state index >= 15 is 0 Å². The number of fused-ring (bicyclic) bond motifs is 1. The Kier molecular flexibility index (Phi) is 10.0. The normalized spacial score (nSPS) is 19.1. The summed E-state index contributed by atoms with van der Waals surface area (Å²) in [5.41, 5.74) is 6.54. The van der Waals surface area contributed by atoms with Crippen molar-refractivity contribution < 1.29 is 34.0 Å². The van der Waals surface area contributed by atoms with Crippen LogP contribution in [-0.4, -0.2) is 63.2 Å². The third-order valence-electron chi connectivity index (χ3n) is 6.48. The SMILES string of the molecule is NCC[C@@H](C[n+]1ccc(SCC2=C(C(=O)O)N3C(=O)[C@@H](NC(=O)Cc4cc(Cl)ccc4Cl)[C@H]3SC2)cc1)C(=O)[O-]. The molecular weight excluding hydrogens is 599 g/mol. The Bertz CT molecular complexity index is 1360. The van der Waals surface area contributed by atoms with Crippen molar-refractivity contribution in [1.82, 2.24) is 10.2 Å². The summed E-state index contributed by atoms with van der Waals surface area (Å²) in [5.74, 6) is -3.22. The van der Waals surface area contributed by atoms with Crippen LogP contribution in [0.2, 0.25) is 10.0 Å². The summed E-state index contributed by atoms with van der Waals surface area (Å²) in [5, 5.41) is 24.2. The summed E-state index contributed by atoms with van der Waals surface area (Å²) in [6, 6.07) is 7.57. The van der Waals surface area contributed by atoms with Crippen molar-refractivity contribution in [3.8, 4) is 0 Å². The molecular formula is C26H26Cl2N4O6S2. The molecule has 4 rings (SSSR count). The Morgan fingerprint density at radius 2 is 1.98 bits per heavy atom. The van der Waals surface area contributed by atoms with Crippen molar-refractivity contribution in [3.63, 3.8) is 0 Å². The van der Waals surface area contributed by atoms with E-state index in [4.69, 9.17) is 28.9 Å². The van der Waals surface area contributed by atoms with Gasteiger partial charge < -0.3 is 26.1 Å². The number of carbonyl (C=O) groups is 4. The fourth-order valence-corrected chi connectivity index (χ4v) is 7.19. The van der Waals surface area contributed by atoms with Gasteiger partial charge in [0.05, 0.1) is 18.3 Å². The van der Waals surface area contributed by atoms with Gasteiger partial charge in [-0.05, 0) is 42.3 Å². The highest BCUT2D eigenvalue weighted by Gasteiger charge is 2.54. The number of halogens is 2.